The van der Waals surface area contributed by atoms with Crippen molar-refractivity contribution in [3.63, 3.8) is 0 Å². The van der Waals surface area contributed by atoms with Crippen LogP contribution in [0.15, 0.2) is 28.0 Å². The molecule has 1 saturated carbocycles. The summed E-state index contributed by atoms with van der Waals surface area (Å²) < 4.78 is 0. The first-order chi connectivity index (χ1) is 7.25. The van der Waals surface area contributed by atoms with E-state index < -0.39 is 0 Å². The second kappa shape index (κ2) is 4.40. The van der Waals surface area contributed by atoms with Crippen molar-refractivity contribution in [2.75, 3.05) is 19.1 Å². The second-order valence-corrected chi connectivity index (χ2v) is 5.75. The van der Waals surface area contributed by atoms with Crippen molar-refractivity contribution >= 4 is 23.5 Å². The Morgan fingerprint density at radius 3 is 2.33 bits per heavy atom. The Balaban J connectivity index is 2.35. The van der Waals surface area contributed by atoms with E-state index in [2.05, 4.69) is 30.7 Å². The Morgan fingerprint density at radius 2 is 1.87 bits per heavy atom. The maximum atomic E-state index is 5.85. The molecule has 1 aliphatic carbocycles. The van der Waals surface area contributed by atoms with Crippen LogP contribution in [0.4, 0.5) is 0 Å². The number of rotatable bonds is 4. The summed E-state index contributed by atoms with van der Waals surface area (Å²) in [6.07, 6.45) is 6.79. The molecular weight excluding hydrogens is 222 g/mol. The molecule has 0 radical (unpaired) electrons. The molecule has 2 rings (SSSR count). The monoisotopic (exact) mass is 239 g/mol. The van der Waals surface area contributed by atoms with E-state index in [1.165, 1.54) is 28.2 Å². The Labute approximate surface area is 100 Å². The third-order valence-electron chi connectivity index (χ3n) is 3.24. The minimum absolute atomic E-state index is 0.321. The molecule has 15 heavy (non-hydrogen) atoms. The van der Waals surface area contributed by atoms with E-state index in [1.807, 2.05) is 23.5 Å². The van der Waals surface area contributed by atoms with E-state index in [0.717, 1.165) is 6.54 Å². The molecule has 0 bridgehead atoms. The second-order valence-electron chi connectivity index (χ2n) is 4.05. The summed E-state index contributed by atoms with van der Waals surface area (Å²) in [4.78, 5) is 2.76. The van der Waals surface area contributed by atoms with Crippen LogP contribution in [0.1, 0.15) is 18.4 Å². The molecular formula is C12H17NS2. The largest absolute Gasteiger partial charge is 0.330 e. The van der Waals surface area contributed by atoms with Gasteiger partial charge in [-0.1, -0.05) is 6.07 Å². The van der Waals surface area contributed by atoms with Crippen LogP contribution in [0, 0.1) is 0 Å². The molecule has 1 aliphatic rings. The lowest BCUT2D eigenvalue weighted by Gasteiger charge is -2.15. The SMILES string of the molecule is CSc1ccc(C2(CN)CC2)cc1SC. The van der Waals surface area contributed by atoms with Gasteiger partial charge in [0.25, 0.3) is 0 Å². The number of nitrogens with two attached hydrogens (primary N) is 1. The van der Waals surface area contributed by atoms with Crippen LogP contribution in [0.3, 0.4) is 0 Å². The van der Waals surface area contributed by atoms with Crippen molar-refractivity contribution in [2.45, 2.75) is 28.0 Å². The summed E-state index contributed by atoms with van der Waals surface area (Å²) in [5.41, 5.74) is 7.61. The zero-order valence-electron chi connectivity index (χ0n) is 9.25. The zero-order valence-corrected chi connectivity index (χ0v) is 10.9. The lowest BCUT2D eigenvalue weighted by Crippen LogP contribution is -2.19. The standard InChI is InChI=1S/C12H17NS2/c1-14-10-4-3-9(7-11(10)15-2)12(8-13)5-6-12/h3-4,7H,5-6,8,13H2,1-2H3. The predicted molar refractivity (Wildman–Crippen MR) is 70.0 cm³/mol. The van der Waals surface area contributed by atoms with Gasteiger partial charge in [0, 0.05) is 21.8 Å². The highest BCUT2D eigenvalue weighted by Crippen LogP contribution is 2.48. The minimum atomic E-state index is 0.321. The Kier molecular flexibility index (Phi) is 3.33. The number of benzene rings is 1. The molecule has 0 atom stereocenters. The maximum Gasteiger partial charge on any atom is 0.0208 e. The average molecular weight is 239 g/mol. The van der Waals surface area contributed by atoms with Gasteiger partial charge in [-0.2, -0.15) is 0 Å². The Morgan fingerprint density at radius 1 is 1.20 bits per heavy atom. The molecule has 0 spiro atoms. The molecule has 0 amide bonds. The van der Waals surface area contributed by atoms with E-state index in [1.54, 1.807) is 0 Å². The summed E-state index contributed by atoms with van der Waals surface area (Å²) in [6.45, 7) is 0.791. The van der Waals surface area contributed by atoms with Gasteiger partial charge in [-0.25, -0.2) is 0 Å². The number of hydrogen-bond acceptors (Lipinski definition) is 3. The van der Waals surface area contributed by atoms with E-state index >= 15 is 0 Å². The Bertz CT molecular complexity index is 359. The molecule has 1 nitrogen and oxygen atoms in total. The van der Waals surface area contributed by atoms with Crippen molar-refractivity contribution in [1.29, 1.82) is 0 Å². The van der Waals surface area contributed by atoms with Gasteiger partial charge in [0.15, 0.2) is 0 Å². The molecule has 3 heteroatoms. The quantitative estimate of drug-likeness (QED) is 0.818. The van der Waals surface area contributed by atoms with Crippen LogP contribution in [0.5, 0.6) is 0 Å². The molecule has 0 heterocycles. The lowest BCUT2D eigenvalue weighted by molar-refractivity contribution is 0.701. The third-order valence-corrected chi connectivity index (χ3v) is 4.94. The van der Waals surface area contributed by atoms with Crippen LogP contribution in [0.25, 0.3) is 0 Å². The normalized spacial score (nSPS) is 17.8. The molecule has 1 aromatic rings. The smallest absolute Gasteiger partial charge is 0.0208 e. The fourth-order valence-electron chi connectivity index (χ4n) is 1.93. The van der Waals surface area contributed by atoms with Gasteiger partial charge >= 0.3 is 0 Å². The molecule has 0 aromatic heterocycles. The topological polar surface area (TPSA) is 26.0 Å². The van der Waals surface area contributed by atoms with Crippen molar-refractivity contribution in [2.24, 2.45) is 5.73 Å². The van der Waals surface area contributed by atoms with E-state index in [4.69, 9.17) is 5.73 Å². The lowest BCUT2D eigenvalue weighted by atomic mass is 9.96. The highest BCUT2D eigenvalue weighted by molar-refractivity contribution is 8.01. The highest BCUT2D eigenvalue weighted by atomic mass is 32.2. The van der Waals surface area contributed by atoms with Gasteiger partial charge < -0.3 is 5.73 Å². The predicted octanol–water partition coefficient (Wildman–Crippen LogP) is 3.12. The van der Waals surface area contributed by atoms with E-state index in [0.29, 0.717) is 5.41 Å². The van der Waals surface area contributed by atoms with Gasteiger partial charge in [-0.05, 0) is 43.0 Å². The molecule has 82 valence electrons. The van der Waals surface area contributed by atoms with Crippen molar-refractivity contribution in [3.8, 4) is 0 Å². The fourth-order valence-corrected chi connectivity index (χ4v) is 3.41. The first-order valence-corrected chi connectivity index (χ1v) is 7.63. The summed E-state index contributed by atoms with van der Waals surface area (Å²) in [7, 11) is 0. The molecule has 1 aromatic carbocycles. The van der Waals surface area contributed by atoms with Gasteiger partial charge in [0.05, 0.1) is 0 Å². The van der Waals surface area contributed by atoms with Crippen molar-refractivity contribution < 1.29 is 0 Å². The summed E-state index contributed by atoms with van der Waals surface area (Å²) in [5.74, 6) is 0. The maximum absolute atomic E-state index is 5.85. The fraction of sp³-hybridized carbons (Fsp3) is 0.500. The number of thioether (sulfide) groups is 2. The summed E-state index contributed by atoms with van der Waals surface area (Å²) in [5, 5.41) is 0. The zero-order chi connectivity index (χ0) is 10.9. The summed E-state index contributed by atoms with van der Waals surface area (Å²) in [6, 6.07) is 6.82. The highest BCUT2D eigenvalue weighted by Gasteiger charge is 2.42. The first-order valence-electron chi connectivity index (χ1n) is 5.18. The summed E-state index contributed by atoms with van der Waals surface area (Å²) >= 11 is 3.64. The van der Waals surface area contributed by atoms with Gasteiger partial charge in [-0.3, -0.25) is 0 Å². The van der Waals surface area contributed by atoms with Crippen LogP contribution in [-0.2, 0) is 5.41 Å². The molecule has 0 saturated heterocycles. The molecule has 1 fully saturated rings. The minimum Gasteiger partial charge on any atom is -0.330 e. The number of hydrogen-bond donors (Lipinski definition) is 1. The van der Waals surface area contributed by atoms with Crippen LogP contribution >= 0.6 is 23.5 Å². The van der Waals surface area contributed by atoms with Gasteiger partial charge in [-0.15, -0.1) is 23.5 Å². The van der Waals surface area contributed by atoms with Gasteiger partial charge in [0.1, 0.15) is 0 Å². The van der Waals surface area contributed by atoms with Crippen LogP contribution < -0.4 is 5.73 Å². The van der Waals surface area contributed by atoms with Crippen molar-refractivity contribution in [3.05, 3.63) is 23.8 Å². The molecule has 0 aliphatic heterocycles. The molecule has 2 N–H and O–H groups in total. The van der Waals surface area contributed by atoms with Crippen molar-refractivity contribution in [1.82, 2.24) is 0 Å². The first kappa shape index (κ1) is 11.4. The van der Waals surface area contributed by atoms with E-state index in [-0.39, 0.29) is 0 Å². The average Bonchev–Trinajstić information content (AvgIpc) is 3.09. The molecule has 0 unspecified atom stereocenters. The van der Waals surface area contributed by atoms with E-state index in [9.17, 15) is 0 Å². The third kappa shape index (κ3) is 2.05. The van der Waals surface area contributed by atoms with Crippen LogP contribution in [0.2, 0.25) is 0 Å². The Hall–Kier alpha value is -0.120. The van der Waals surface area contributed by atoms with Crippen LogP contribution in [-0.4, -0.2) is 19.1 Å². The van der Waals surface area contributed by atoms with Gasteiger partial charge in [0.2, 0.25) is 0 Å².